The summed E-state index contributed by atoms with van der Waals surface area (Å²) in [6.45, 7) is 4.15. The molecule has 0 amide bonds. The van der Waals surface area contributed by atoms with Crippen LogP contribution in [0.4, 0.5) is 5.95 Å². The highest BCUT2D eigenvalue weighted by Crippen LogP contribution is 2.25. The van der Waals surface area contributed by atoms with Crippen LogP contribution in [0.5, 0.6) is 0 Å². The largest absolute Gasteiger partial charge is 0.368 e. The Morgan fingerprint density at radius 3 is 2.36 bits per heavy atom. The molecule has 0 atom stereocenters. The number of nitrogen functional groups attached to an aromatic ring is 1. The molecule has 0 aliphatic rings. The molecule has 0 fully saturated rings. The summed E-state index contributed by atoms with van der Waals surface area (Å²) in [6, 6.07) is 14.8. The van der Waals surface area contributed by atoms with Crippen molar-refractivity contribution in [1.82, 2.24) is 9.97 Å². The molecule has 28 heavy (non-hydrogen) atoms. The van der Waals surface area contributed by atoms with Crippen molar-refractivity contribution >= 4 is 16.0 Å². The van der Waals surface area contributed by atoms with E-state index in [1.165, 1.54) is 23.3 Å². The van der Waals surface area contributed by atoms with Crippen LogP contribution in [0.2, 0.25) is 0 Å². The van der Waals surface area contributed by atoms with Gasteiger partial charge in [-0.25, -0.2) is 23.5 Å². The summed E-state index contributed by atoms with van der Waals surface area (Å²) >= 11 is 0. The van der Waals surface area contributed by atoms with E-state index in [0.29, 0.717) is 0 Å². The molecule has 3 aromatic rings. The molecular weight excluding hydrogens is 372 g/mol. The standard InChI is InChI=1S/C21H24N4O2S/c1-14-5-3-8-19(15(14)2)20-13-17(24-21(22)25-20)7-4-6-16-9-11-18(12-10-16)28(23,26)27/h3,5,8-13H,4,6-7H2,1-2H3,(H2,22,24,25)(H2,23,26,27). The smallest absolute Gasteiger partial charge is 0.238 e. The van der Waals surface area contributed by atoms with Crippen molar-refractivity contribution in [3.8, 4) is 11.3 Å². The lowest BCUT2D eigenvalue weighted by molar-refractivity contribution is 0.597. The van der Waals surface area contributed by atoms with Gasteiger partial charge >= 0.3 is 0 Å². The minimum Gasteiger partial charge on any atom is -0.368 e. The van der Waals surface area contributed by atoms with Gasteiger partial charge in [0.1, 0.15) is 0 Å². The number of aryl methyl sites for hydroxylation is 3. The maximum Gasteiger partial charge on any atom is 0.238 e. The first kappa shape index (κ1) is 20.0. The molecule has 0 aliphatic carbocycles. The van der Waals surface area contributed by atoms with E-state index in [0.717, 1.165) is 41.8 Å². The Bertz CT molecular complexity index is 1090. The molecule has 146 valence electrons. The van der Waals surface area contributed by atoms with Gasteiger partial charge in [0.25, 0.3) is 0 Å². The van der Waals surface area contributed by atoms with Gasteiger partial charge in [-0.15, -0.1) is 0 Å². The number of aromatic nitrogens is 2. The number of rotatable bonds is 6. The van der Waals surface area contributed by atoms with Crippen molar-refractivity contribution in [3.05, 3.63) is 70.9 Å². The van der Waals surface area contributed by atoms with E-state index < -0.39 is 10.0 Å². The summed E-state index contributed by atoms with van der Waals surface area (Å²) in [5, 5.41) is 5.13. The van der Waals surface area contributed by atoms with Crippen LogP contribution >= 0.6 is 0 Å². The number of primary sulfonamides is 1. The Balaban J connectivity index is 1.71. The third-order valence-electron chi connectivity index (χ3n) is 4.83. The van der Waals surface area contributed by atoms with Crippen molar-refractivity contribution in [2.75, 3.05) is 5.73 Å². The first-order chi connectivity index (χ1) is 13.2. The van der Waals surface area contributed by atoms with Crippen LogP contribution in [0, 0.1) is 13.8 Å². The van der Waals surface area contributed by atoms with Gasteiger partial charge < -0.3 is 5.73 Å². The van der Waals surface area contributed by atoms with Gasteiger partial charge in [0.15, 0.2) is 0 Å². The third-order valence-corrected chi connectivity index (χ3v) is 5.76. The number of hydrogen-bond acceptors (Lipinski definition) is 5. The molecule has 4 N–H and O–H groups in total. The lowest BCUT2D eigenvalue weighted by atomic mass is 10.00. The molecule has 1 aromatic heterocycles. The van der Waals surface area contributed by atoms with Crippen LogP contribution in [-0.4, -0.2) is 18.4 Å². The lowest BCUT2D eigenvalue weighted by Crippen LogP contribution is -2.11. The second-order valence-electron chi connectivity index (χ2n) is 6.89. The summed E-state index contributed by atoms with van der Waals surface area (Å²) in [4.78, 5) is 8.89. The Labute approximate surface area is 165 Å². The Kier molecular flexibility index (Phi) is 5.76. The van der Waals surface area contributed by atoms with Gasteiger partial charge in [-0.05, 0) is 68.0 Å². The zero-order valence-corrected chi connectivity index (χ0v) is 16.8. The van der Waals surface area contributed by atoms with Crippen LogP contribution in [0.3, 0.4) is 0 Å². The molecule has 1 heterocycles. The number of nitrogens with zero attached hydrogens (tertiary/aromatic N) is 2. The molecule has 0 spiro atoms. The monoisotopic (exact) mass is 396 g/mol. The van der Waals surface area contributed by atoms with E-state index in [9.17, 15) is 8.42 Å². The van der Waals surface area contributed by atoms with Crippen LogP contribution in [-0.2, 0) is 22.9 Å². The lowest BCUT2D eigenvalue weighted by Gasteiger charge is -2.10. The van der Waals surface area contributed by atoms with E-state index in [-0.39, 0.29) is 10.8 Å². The molecule has 2 aromatic carbocycles. The minimum atomic E-state index is -3.66. The molecule has 0 unspecified atom stereocenters. The van der Waals surface area contributed by atoms with Crippen molar-refractivity contribution in [1.29, 1.82) is 0 Å². The molecule has 0 bridgehead atoms. The SMILES string of the molecule is Cc1cccc(-c2cc(CCCc3ccc(S(N)(=O)=O)cc3)nc(N)n2)c1C. The first-order valence-electron chi connectivity index (χ1n) is 9.06. The van der Waals surface area contributed by atoms with E-state index >= 15 is 0 Å². The fourth-order valence-electron chi connectivity index (χ4n) is 3.13. The summed E-state index contributed by atoms with van der Waals surface area (Å²) < 4.78 is 22.6. The highest BCUT2D eigenvalue weighted by molar-refractivity contribution is 7.89. The van der Waals surface area contributed by atoms with Crippen LogP contribution in [0.1, 0.15) is 28.8 Å². The quantitative estimate of drug-likeness (QED) is 0.665. The normalized spacial score (nSPS) is 11.5. The van der Waals surface area contributed by atoms with Crippen LogP contribution in [0.15, 0.2) is 53.4 Å². The second kappa shape index (κ2) is 8.08. The molecule has 0 radical (unpaired) electrons. The molecule has 7 heteroatoms. The van der Waals surface area contributed by atoms with E-state index in [1.807, 2.05) is 18.2 Å². The maximum absolute atomic E-state index is 11.3. The predicted molar refractivity (Wildman–Crippen MR) is 111 cm³/mol. The summed E-state index contributed by atoms with van der Waals surface area (Å²) in [7, 11) is -3.66. The summed E-state index contributed by atoms with van der Waals surface area (Å²) in [5.41, 5.74) is 12.2. The topological polar surface area (TPSA) is 112 Å². The Morgan fingerprint density at radius 2 is 1.68 bits per heavy atom. The van der Waals surface area contributed by atoms with Crippen LogP contribution in [0.25, 0.3) is 11.3 Å². The van der Waals surface area contributed by atoms with E-state index in [4.69, 9.17) is 10.9 Å². The zero-order valence-electron chi connectivity index (χ0n) is 16.0. The molecule has 0 saturated heterocycles. The highest BCUT2D eigenvalue weighted by Gasteiger charge is 2.10. The van der Waals surface area contributed by atoms with E-state index in [2.05, 4.69) is 29.9 Å². The number of hydrogen-bond donors (Lipinski definition) is 2. The molecule has 3 rings (SSSR count). The van der Waals surface area contributed by atoms with Gasteiger partial charge in [-0.1, -0.05) is 30.3 Å². The third kappa shape index (κ3) is 4.74. The fraction of sp³-hybridized carbons (Fsp3) is 0.238. The van der Waals surface area contributed by atoms with Gasteiger partial charge in [0.05, 0.1) is 10.6 Å². The maximum atomic E-state index is 11.3. The second-order valence-corrected chi connectivity index (χ2v) is 8.45. The Morgan fingerprint density at radius 1 is 0.964 bits per heavy atom. The Hall–Kier alpha value is -2.77. The fourth-order valence-corrected chi connectivity index (χ4v) is 3.65. The molecule has 6 nitrogen and oxygen atoms in total. The number of nitrogens with two attached hydrogens (primary N) is 2. The molecule has 0 aliphatic heterocycles. The van der Waals surface area contributed by atoms with Gasteiger partial charge in [0, 0.05) is 11.3 Å². The predicted octanol–water partition coefficient (Wildman–Crippen LogP) is 3.17. The number of benzene rings is 2. The molecule has 0 saturated carbocycles. The van der Waals surface area contributed by atoms with Gasteiger partial charge in [-0.2, -0.15) is 0 Å². The van der Waals surface area contributed by atoms with E-state index in [1.54, 1.807) is 12.1 Å². The molecular formula is C21H24N4O2S. The summed E-state index contributed by atoms with van der Waals surface area (Å²) in [5.74, 6) is 0.269. The zero-order chi connectivity index (χ0) is 20.3. The average Bonchev–Trinajstić information content (AvgIpc) is 2.63. The number of sulfonamides is 1. The van der Waals surface area contributed by atoms with Crippen molar-refractivity contribution in [3.63, 3.8) is 0 Å². The van der Waals surface area contributed by atoms with Gasteiger partial charge in [0.2, 0.25) is 16.0 Å². The van der Waals surface area contributed by atoms with Crippen molar-refractivity contribution in [2.24, 2.45) is 5.14 Å². The van der Waals surface area contributed by atoms with Crippen molar-refractivity contribution < 1.29 is 8.42 Å². The van der Waals surface area contributed by atoms with Crippen LogP contribution < -0.4 is 10.9 Å². The average molecular weight is 397 g/mol. The first-order valence-corrected chi connectivity index (χ1v) is 10.6. The summed E-state index contributed by atoms with van der Waals surface area (Å²) in [6.07, 6.45) is 2.41. The minimum absolute atomic E-state index is 0.123. The number of anilines is 1. The van der Waals surface area contributed by atoms with Gasteiger partial charge in [-0.3, -0.25) is 0 Å². The highest BCUT2D eigenvalue weighted by atomic mass is 32.2. The van der Waals surface area contributed by atoms with Crippen molar-refractivity contribution in [2.45, 2.75) is 38.0 Å².